The van der Waals surface area contributed by atoms with E-state index >= 15 is 0 Å². The third kappa shape index (κ3) is 4.40. The highest BCUT2D eigenvalue weighted by Gasteiger charge is 2.07. The van der Waals surface area contributed by atoms with Crippen LogP contribution in [0.1, 0.15) is 29.8 Å². The standard InChI is InChI=1S/C17H18ClNO3/c1-11(2)22-14-5-3-4-12(8-14)10-19-16-9-13(17(20)21)6-7-15(16)18/h3-9,11,19H,10H2,1-2H3,(H,20,21). The predicted octanol–water partition coefficient (Wildman–Crippen LogP) is 4.44. The third-order valence-corrected chi connectivity index (χ3v) is 3.30. The minimum absolute atomic E-state index is 0.116. The monoisotopic (exact) mass is 319 g/mol. The van der Waals surface area contributed by atoms with Crippen molar-refractivity contribution in [1.82, 2.24) is 0 Å². The fourth-order valence-corrected chi connectivity index (χ4v) is 2.18. The summed E-state index contributed by atoms with van der Waals surface area (Å²) >= 11 is 6.09. The number of hydrogen-bond acceptors (Lipinski definition) is 3. The highest BCUT2D eigenvalue weighted by molar-refractivity contribution is 6.33. The van der Waals surface area contributed by atoms with E-state index < -0.39 is 5.97 Å². The number of aromatic carboxylic acids is 1. The van der Waals surface area contributed by atoms with Crippen molar-refractivity contribution >= 4 is 23.3 Å². The van der Waals surface area contributed by atoms with E-state index in [0.717, 1.165) is 11.3 Å². The molecule has 0 saturated carbocycles. The lowest BCUT2D eigenvalue weighted by atomic mass is 10.1. The van der Waals surface area contributed by atoms with Gasteiger partial charge in [-0.05, 0) is 49.7 Å². The van der Waals surface area contributed by atoms with Gasteiger partial charge < -0.3 is 15.2 Å². The number of ether oxygens (including phenoxy) is 1. The van der Waals surface area contributed by atoms with Gasteiger partial charge in [0.1, 0.15) is 5.75 Å². The Hall–Kier alpha value is -2.20. The van der Waals surface area contributed by atoms with Crippen molar-refractivity contribution in [2.75, 3.05) is 5.32 Å². The molecule has 2 N–H and O–H groups in total. The first kappa shape index (κ1) is 16.2. The smallest absolute Gasteiger partial charge is 0.335 e. The van der Waals surface area contributed by atoms with Crippen LogP contribution in [-0.2, 0) is 6.54 Å². The van der Waals surface area contributed by atoms with Gasteiger partial charge in [-0.1, -0.05) is 23.7 Å². The Morgan fingerprint density at radius 2 is 2.05 bits per heavy atom. The molecular weight excluding hydrogens is 302 g/mol. The van der Waals surface area contributed by atoms with Gasteiger partial charge in [-0.15, -0.1) is 0 Å². The zero-order valence-corrected chi connectivity index (χ0v) is 13.2. The van der Waals surface area contributed by atoms with Crippen molar-refractivity contribution in [3.05, 3.63) is 58.6 Å². The normalized spacial score (nSPS) is 10.5. The van der Waals surface area contributed by atoms with E-state index in [1.807, 2.05) is 38.1 Å². The van der Waals surface area contributed by atoms with Crippen molar-refractivity contribution in [1.29, 1.82) is 0 Å². The number of carboxylic acid groups (broad SMARTS) is 1. The molecule has 0 unspecified atom stereocenters. The third-order valence-electron chi connectivity index (χ3n) is 2.97. The summed E-state index contributed by atoms with van der Waals surface area (Å²) in [5.74, 6) is -0.174. The molecule has 0 aromatic heterocycles. The summed E-state index contributed by atoms with van der Waals surface area (Å²) in [6.45, 7) is 4.47. The van der Waals surface area contributed by atoms with Gasteiger partial charge >= 0.3 is 5.97 Å². The summed E-state index contributed by atoms with van der Waals surface area (Å²) < 4.78 is 5.65. The molecule has 0 aliphatic rings. The topological polar surface area (TPSA) is 58.6 Å². The minimum Gasteiger partial charge on any atom is -0.491 e. The number of hydrogen-bond donors (Lipinski definition) is 2. The molecule has 0 aliphatic carbocycles. The van der Waals surface area contributed by atoms with Gasteiger partial charge in [0.25, 0.3) is 0 Å². The van der Waals surface area contributed by atoms with Crippen LogP contribution in [0.3, 0.4) is 0 Å². The molecule has 0 fully saturated rings. The van der Waals surface area contributed by atoms with E-state index in [1.54, 1.807) is 6.07 Å². The summed E-state index contributed by atoms with van der Waals surface area (Å²) in [6, 6.07) is 12.3. The zero-order chi connectivity index (χ0) is 16.1. The number of halogens is 1. The average molecular weight is 320 g/mol. The van der Waals surface area contributed by atoms with E-state index in [9.17, 15) is 4.79 Å². The second-order valence-electron chi connectivity index (χ2n) is 5.17. The molecule has 22 heavy (non-hydrogen) atoms. The van der Waals surface area contributed by atoms with E-state index in [4.69, 9.17) is 21.4 Å². The Bertz CT molecular complexity index is 671. The number of rotatable bonds is 6. The Morgan fingerprint density at radius 3 is 2.73 bits per heavy atom. The largest absolute Gasteiger partial charge is 0.491 e. The molecule has 0 saturated heterocycles. The zero-order valence-electron chi connectivity index (χ0n) is 12.5. The fourth-order valence-electron chi connectivity index (χ4n) is 1.99. The Labute approximate surface area is 134 Å². The van der Waals surface area contributed by atoms with Crippen LogP contribution in [0.15, 0.2) is 42.5 Å². The van der Waals surface area contributed by atoms with E-state index in [1.165, 1.54) is 12.1 Å². The summed E-state index contributed by atoms with van der Waals surface area (Å²) in [4.78, 5) is 11.0. The molecule has 116 valence electrons. The maximum absolute atomic E-state index is 11.0. The first-order valence-electron chi connectivity index (χ1n) is 6.98. The lowest BCUT2D eigenvalue weighted by molar-refractivity contribution is 0.0697. The van der Waals surface area contributed by atoms with Crippen molar-refractivity contribution in [3.8, 4) is 5.75 Å². The van der Waals surface area contributed by atoms with Crippen LogP contribution in [0.2, 0.25) is 5.02 Å². The molecule has 5 heteroatoms. The molecule has 0 heterocycles. The van der Waals surface area contributed by atoms with Crippen LogP contribution >= 0.6 is 11.6 Å². The highest BCUT2D eigenvalue weighted by Crippen LogP contribution is 2.24. The first-order valence-corrected chi connectivity index (χ1v) is 7.36. The summed E-state index contributed by atoms with van der Waals surface area (Å²) in [7, 11) is 0. The molecule has 0 spiro atoms. The van der Waals surface area contributed by atoms with E-state index in [0.29, 0.717) is 17.3 Å². The van der Waals surface area contributed by atoms with Crippen molar-refractivity contribution in [2.24, 2.45) is 0 Å². The molecule has 0 radical (unpaired) electrons. The molecule has 0 atom stereocenters. The molecule has 0 aliphatic heterocycles. The minimum atomic E-state index is -0.980. The second-order valence-corrected chi connectivity index (χ2v) is 5.57. The fraction of sp³-hybridized carbons (Fsp3) is 0.235. The van der Waals surface area contributed by atoms with Crippen LogP contribution in [-0.4, -0.2) is 17.2 Å². The van der Waals surface area contributed by atoms with Crippen molar-refractivity contribution in [2.45, 2.75) is 26.5 Å². The molecular formula is C17H18ClNO3. The predicted molar refractivity (Wildman–Crippen MR) is 87.9 cm³/mol. The lowest BCUT2D eigenvalue weighted by Crippen LogP contribution is -2.06. The summed E-state index contributed by atoms with van der Waals surface area (Å²) in [5.41, 5.74) is 1.82. The number of carbonyl (C=O) groups is 1. The molecule has 2 aromatic carbocycles. The Balaban J connectivity index is 2.10. The molecule has 0 amide bonds. The van der Waals surface area contributed by atoms with Crippen molar-refractivity contribution < 1.29 is 14.6 Å². The van der Waals surface area contributed by atoms with Crippen LogP contribution in [0, 0.1) is 0 Å². The maximum Gasteiger partial charge on any atom is 0.335 e. The lowest BCUT2D eigenvalue weighted by Gasteiger charge is -2.12. The van der Waals surface area contributed by atoms with Gasteiger partial charge in [0, 0.05) is 6.54 Å². The van der Waals surface area contributed by atoms with Gasteiger partial charge in [-0.3, -0.25) is 0 Å². The highest BCUT2D eigenvalue weighted by atomic mass is 35.5. The summed E-state index contributed by atoms with van der Waals surface area (Å²) in [5, 5.41) is 12.7. The quantitative estimate of drug-likeness (QED) is 0.826. The Kier molecular flexibility index (Phi) is 5.28. The van der Waals surface area contributed by atoms with Gasteiger partial charge in [0.05, 0.1) is 22.4 Å². The molecule has 0 bridgehead atoms. The molecule has 4 nitrogen and oxygen atoms in total. The van der Waals surface area contributed by atoms with Crippen LogP contribution in [0.4, 0.5) is 5.69 Å². The number of nitrogens with one attached hydrogen (secondary N) is 1. The Morgan fingerprint density at radius 1 is 1.27 bits per heavy atom. The number of carboxylic acids is 1. The van der Waals surface area contributed by atoms with Gasteiger partial charge in [0.15, 0.2) is 0 Å². The first-order chi connectivity index (χ1) is 10.5. The van der Waals surface area contributed by atoms with Gasteiger partial charge in [-0.2, -0.15) is 0 Å². The van der Waals surface area contributed by atoms with E-state index in [-0.39, 0.29) is 11.7 Å². The van der Waals surface area contributed by atoms with Gasteiger partial charge in [0.2, 0.25) is 0 Å². The average Bonchev–Trinajstić information content (AvgIpc) is 2.46. The molecule has 2 rings (SSSR count). The SMILES string of the molecule is CC(C)Oc1cccc(CNc2cc(C(=O)O)ccc2Cl)c1. The second kappa shape index (κ2) is 7.18. The number of benzene rings is 2. The summed E-state index contributed by atoms with van der Waals surface area (Å²) in [6.07, 6.45) is 0.116. The maximum atomic E-state index is 11.0. The van der Waals surface area contributed by atoms with Crippen LogP contribution in [0.25, 0.3) is 0 Å². The van der Waals surface area contributed by atoms with Crippen LogP contribution in [0.5, 0.6) is 5.75 Å². The van der Waals surface area contributed by atoms with Crippen molar-refractivity contribution in [3.63, 3.8) is 0 Å². The van der Waals surface area contributed by atoms with E-state index in [2.05, 4.69) is 5.32 Å². The van der Waals surface area contributed by atoms with Crippen LogP contribution < -0.4 is 10.1 Å². The van der Waals surface area contributed by atoms with Gasteiger partial charge in [-0.25, -0.2) is 4.79 Å². The molecule has 2 aromatic rings. The number of anilines is 1.